The van der Waals surface area contributed by atoms with Gasteiger partial charge in [-0.3, -0.25) is 4.79 Å². The molecule has 1 saturated heterocycles. The van der Waals surface area contributed by atoms with E-state index in [2.05, 4.69) is 19.2 Å². The standard InChI is InChI=1S/C15H21ClN2O2/c1-10(2)14-8-18(13(9-19)7-17-14)15(20)11-4-3-5-12(16)6-11/h3-6,10,13-14,17,19H,7-9H2,1-2H3. The quantitative estimate of drug-likeness (QED) is 0.894. The minimum atomic E-state index is -0.184. The first kappa shape index (κ1) is 15.3. The van der Waals surface area contributed by atoms with Crippen molar-refractivity contribution in [3.63, 3.8) is 0 Å². The molecule has 0 bridgehead atoms. The molecule has 20 heavy (non-hydrogen) atoms. The van der Waals surface area contributed by atoms with E-state index in [0.717, 1.165) is 0 Å². The Morgan fingerprint density at radius 2 is 2.30 bits per heavy atom. The van der Waals surface area contributed by atoms with Gasteiger partial charge in [0.1, 0.15) is 0 Å². The first-order chi connectivity index (χ1) is 9.52. The lowest BCUT2D eigenvalue weighted by Gasteiger charge is -2.41. The molecule has 0 aliphatic carbocycles. The number of aliphatic hydroxyl groups excluding tert-OH is 1. The Labute approximate surface area is 124 Å². The number of aliphatic hydroxyl groups is 1. The number of nitrogens with one attached hydrogen (secondary N) is 1. The van der Waals surface area contributed by atoms with Crippen molar-refractivity contribution < 1.29 is 9.90 Å². The van der Waals surface area contributed by atoms with E-state index in [9.17, 15) is 9.90 Å². The number of carbonyl (C=O) groups excluding carboxylic acids is 1. The van der Waals surface area contributed by atoms with Gasteiger partial charge in [-0.25, -0.2) is 0 Å². The van der Waals surface area contributed by atoms with Gasteiger partial charge in [-0.15, -0.1) is 0 Å². The molecule has 2 rings (SSSR count). The summed E-state index contributed by atoms with van der Waals surface area (Å²) in [5, 5.41) is 13.4. The average molecular weight is 297 g/mol. The van der Waals surface area contributed by atoms with Crippen molar-refractivity contribution in [3.05, 3.63) is 34.9 Å². The van der Waals surface area contributed by atoms with E-state index in [1.54, 1.807) is 29.2 Å². The lowest BCUT2D eigenvalue weighted by atomic mass is 9.98. The Morgan fingerprint density at radius 1 is 1.55 bits per heavy atom. The monoisotopic (exact) mass is 296 g/mol. The Kier molecular flexibility index (Phi) is 5.02. The predicted octanol–water partition coefficient (Wildman–Crippen LogP) is 1.77. The molecule has 4 nitrogen and oxygen atoms in total. The van der Waals surface area contributed by atoms with Crippen LogP contribution in [0.1, 0.15) is 24.2 Å². The summed E-state index contributed by atoms with van der Waals surface area (Å²) in [6, 6.07) is 7.01. The van der Waals surface area contributed by atoms with Crippen LogP contribution in [-0.2, 0) is 0 Å². The van der Waals surface area contributed by atoms with E-state index >= 15 is 0 Å². The van der Waals surface area contributed by atoms with E-state index in [1.807, 2.05) is 0 Å². The Balaban J connectivity index is 2.20. The van der Waals surface area contributed by atoms with Crippen LogP contribution < -0.4 is 5.32 Å². The molecule has 0 saturated carbocycles. The maximum absolute atomic E-state index is 12.6. The van der Waals surface area contributed by atoms with Crippen LogP contribution in [0, 0.1) is 5.92 Å². The molecule has 5 heteroatoms. The van der Waals surface area contributed by atoms with Gasteiger partial charge in [0, 0.05) is 29.7 Å². The molecule has 0 spiro atoms. The number of hydrogen-bond acceptors (Lipinski definition) is 3. The highest BCUT2D eigenvalue weighted by atomic mass is 35.5. The van der Waals surface area contributed by atoms with E-state index in [0.29, 0.717) is 29.6 Å². The van der Waals surface area contributed by atoms with Gasteiger partial charge in [-0.1, -0.05) is 31.5 Å². The van der Waals surface area contributed by atoms with Crippen molar-refractivity contribution in [2.75, 3.05) is 19.7 Å². The number of amides is 1. The highest BCUT2D eigenvalue weighted by Crippen LogP contribution is 2.18. The molecule has 1 heterocycles. The molecule has 1 amide bonds. The fourth-order valence-electron chi connectivity index (χ4n) is 2.47. The van der Waals surface area contributed by atoms with Crippen molar-refractivity contribution >= 4 is 17.5 Å². The normalized spacial score (nSPS) is 23.1. The molecule has 2 N–H and O–H groups in total. The van der Waals surface area contributed by atoms with Crippen molar-refractivity contribution in [3.8, 4) is 0 Å². The summed E-state index contributed by atoms with van der Waals surface area (Å²) in [6.07, 6.45) is 0. The summed E-state index contributed by atoms with van der Waals surface area (Å²) in [7, 11) is 0. The van der Waals surface area contributed by atoms with Crippen molar-refractivity contribution in [2.24, 2.45) is 5.92 Å². The molecule has 0 aromatic heterocycles. The summed E-state index contributed by atoms with van der Waals surface area (Å²) < 4.78 is 0. The molecular formula is C15H21ClN2O2. The van der Waals surface area contributed by atoms with Crippen LogP contribution in [0.2, 0.25) is 5.02 Å². The van der Waals surface area contributed by atoms with Gasteiger partial charge in [0.25, 0.3) is 5.91 Å². The number of halogens is 1. The molecule has 1 fully saturated rings. The van der Waals surface area contributed by atoms with Crippen LogP contribution in [0.25, 0.3) is 0 Å². The summed E-state index contributed by atoms with van der Waals surface area (Å²) in [5.74, 6) is 0.364. The zero-order valence-corrected chi connectivity index (χ0v) is 12.6. The minimum absolute atomic E-state index is 0.0376. The van der Waals surface area contributed by atoms with Crippen molar-refractivity contribution in [1.29, 1.82) is 0 Å². The van der Waals surface area contributed by atoms with Crippen LogP contribution in [0.5, 0.6) is 0 Å². The second kappa shape index (κ2) is 6.57. The van der Waals surface area contributed by atoms with Crippen molar-refractivity contribution in [2.45, 2.75) is 25.9 Å². The predicted molar refractivity (Wildman–Crippen MR) is 80.0 cm³/mol. The van der Waals surface area contributed by atoms with Gasteiger partial charge in [-0.05, 0) is 24.1 Å². The lowest BCUT2D eigenvalue weighted by Crippen LogP contribution is -2.60. The van der Waals surface area contributed by atoms with Crippen LogP contribution >= 0.6 is 11.6 Å². The zero-order chi connectivity index (χ0) is 14.7. The van der Waals surface area contributed by atoms with Gasteiger partial charge >= 0.3 is 0 Å². The Hall–Kier alpha value is -1.10. The Morgan fingerprint density at radius 3 is 2.90 bits per heavy atom. The van der Waals surface area contributed by atoms with Gasteiger partial charge < -0.3 is 15.3 Å². The van der Waals surface area contributed by atoms with Gasteiger partial charge in [0.2, 0.25) is 0 Å². The number of benzene rings is 1. The largest absolute Gasteiger partial charge is 0.394 e. The third kappa shape index (κ3) is 3.32. The van der Waals surface area contributed by atoms with Crippen LogP contribution in [0.4, 0.5) is 0 Å². The maximum Gasteiger partial charge on any atom is 0.254 e. The Bertz CT molecular complexity index is 479. The number of hydrogen-bond donors (Lipinski definition) is 2. The molecule has 0 radical (unpaired) electrons. The summed E-state index contributed by atoms with van der Waals surface area (Å²) in [4.78, 5) is 14.4. The van der Waals surface area contributed by atoms with Crippen LogP contribution in [0.3, 0.4) is 0 Å². The minimum Gasteiger partial charge on any atom is -0.394 e. The smallest absolute Gasteiger partial charge is 0.254 e. The number of rotatable bonds is 3. The SMILES string of the molecule is CC(C)C1CN(C(=O)c2cccc(Cl)c2)C(CO)CN1. The fraction of sp³-hybridized carbons (Fsp3) is 0.533. The highest BCUT2D eigenvalue weighted by Gasteiger charge is 2.32. The molecule has 1 aliphatic heterocycles. The highest BCUT2D eigenvalue weighted by molar-refractivity contribution is 6.30. The van der Waals surface area contributed by atoms with E-state index in [1.165, 1.54) is 0 Å². The van der Waals surface area contributed by atoms with Crippen molar-refractivity contribution in [1.82, 2.24) is 10.2 Å². The molecule has 110 valence electrons. The first-order valence-electron chi connectivity index (χ1n) is 6.93. The number of nitrogens with zero attached hydrogens (tertiary/aromatic N) is 1. The summed E-state index contributed by atoms with van der Waals surface area (Å²) >= 11 is 5.94. The topological polar surface area (TPSA) is 52.6 Å². The lowest BCUT2D eigenvalue weighted by molar-refractivity contribution is 0.0434. The third-order valence-electron chi connectivity index (χ3n) is 3.80. The number of carbonyl (C=O) groups is 1. The fourth-order valence-corrected chi connectivity index (χ4v) is 2.66. The third-order valence-corrected chi connectivity index (χ3v) is 4.03. The van der Waals surface area contributed by atoms with Gasteiger partial charge in [0.15, 0.2) is 0 Å². The van der Waals surface area contributed by atoms with Gasteiger partial charge in [0.05, 0.1) is 12.6 Å². The molecular weight excluding hydrogens is 276 g/mol. The molecule has 1 aromatic carbocycles. The second-order valence-corrected chi connectivity index (χ2v) is 6.00. The average Bonchev–Trinajstić information content (AvgIpc) is 2.45. The second-order valence-electron chi connectivity index (χ2n) is 5.56. The van der Waals surface area contributed by atoms with E-state index < -0.39 is 0 Å². The molecule has 1 aromatic rings. The number of piperazine rings is 1. The molecule has 2 atom stereocenters. The summed E-state index contributed by atoms with van der Waals surface area (Å²) in [6.45, 7) is 5.43. The first-order valence-corrected chi connectivity index (χ1v) is 7.31. The summed E-state index contributed by atoms with van der Waals surface area (Å²) in [5.41, 5.74) is 0.570. The zero-order valence-electron chi connectivity index (χ0n) is 11.8. The molecule has 2 unspecified atom stereocenters. The van der Waals surface area contributed by atoms with Gasteiger partial charge in [-0.2, -0.15) is 0 Å². The molecule has 1 aliphatic rings. The van der Waals surface area contributed by atoms with E-state index in [4.69, 9.17) is 11.6 Å². The van der Waals surface area contributed by atoms with Crippen LogP contribution in [0.15, 0.2) is 24.3 Å². The maximum atomic E-state index is 12.6. The van der Waals surface area contributed by atoms with Crippen LogP contribution in [-0.4, -0.2) is 47.7 Å². The van der Waals surface area contributed by atoms with E-state index in [-0.39, 0.29) is 24.6 Å².